The van der Waals surface area contributed by atoms with Crippen LogP contribution in [0.1, 0.15) is 51.7 Å². The second-order valence-electron chi connectivity index (χ2n) is 11.0. The van der Waals surface area contributed by atoms with Crippen molar-refractivity contribution >= 4 is 23.4 Å². The zero-order chi connectivity index (χ0) is 25.4. The van der Waals surface area contributed by atoms with E-state index in [1.54, 1.807) is 32.2 Å². The lowest BCUT2D eigenvalue weighted by Crippen LogP contribution is -2.69. The van der Waals surface area contributed by atoms with Gasteiger partial charge in [-0.15, -0.1) is 0 Å². The van der Waals surface area contributed by atoms with E-state index in [1.165, 1.54) is 17.2 Å². The van der Waals surface area contributed by atoms with Crippen LogP contribution in [0.15, 0.2) is 40.4 Å². The number of furan rings is 1. The van der Waals surface area contributed by atoms with E-state index in [2.05, 4.69) is 0 Å². The second-order valence-corrected chi connectivity index (χ2v) is 11.4. The topological polar surface area (TPSA) is 100 Å². The molecule has 1 heterocycles. The first-order chi connectivity index (χ1) is 16.4. The van der Waals surface area contributed by atoms with Crippen molar-refractivity contribution in [1.82, 2.24) is 5.06 Å². The summed E-state index contributed by atoms with van der Waals surface area (Å²) in [5, 5.41) is 23.5. The first kappa shape index (κ1) is 24.7. The minimum atomic E-state index is -2.01. The molecule has 7 nitrogen and oxygen atoms in total. The maximum Gasteiger partial charge on any atom is 0.338 e. The minimum absolute atomic E-state index is 0.0674. The third kappa shape index (κ3) is 3.26. The number of halogens is 2. The van der Waals surface area contributed by atoms with Gasteiger partial charge in [-0.25, -0.2) is 9.18 Å². The molecule has 9 heteroatoms. The van der Waals surface area contributed by atoms with Gasteiger partial charge in [0, 0.05) is 23.8 Å². The Bertz CT molecular complexity index is 1130. The maximum atomic E-state index is 17.2. The zero-order valence-corrected chi connectivity index (χ0v) is 20.8. The Balaban J connectivity index is 1.49. The van der Waals surface area contributed by atoms with Crippen molar-refractivity contribution in [3.8, 4) is 0 Å². The van der Waals surface area contributed by atoms with Crippen molar-refractivity contribution in [2.45, 2.75) is 69.9 Å². The number of carboxylic acid groups (broad SMARTS) is 1. The highest BCUT2D eigenvalue weighted by Crippen LogP contribution is 2.70. The van der Waals surface area contributed by atoms with Gasteiger partial charge in [0.15, 0.2) is 22.3 Å². The molecule has 5 rings (SSSR count). The summed E-state index contributed by atoms with van der Waals surface area (Å²) in [6.45, 7) is 3.73. The molecule has 1 aromatic rings. The van der Waals surface area contributed by atoms with Crippen LogP contribution >= 0.6 is 11.6 Å². The second kappa shape index (κ2) is 8.00. The Morgan fingerprint density at radius 2 is 2.06 bits per heavy atom. The van der Waals surface area contributed by atoms with Crippen molar-refractivity contribution in [1.29, 1.82) is 0 Å². The molecule has 0 aliphatic heterocycles. The van der Waals surface area contributed by atoms with Crippen LogP contribution in [0, 0.1) is 22.7 Å². The molecule has 0 unspecified atom stereocenters. The quantitative estimate of drug-likeness (QED) is 0.566. The third-order valence-electron chi connectivity index (χ3n) is 9.43. The van der Waals surface area contributed by atoms with Gasteiger partial charge in [0.25, 0.3) is 0 Å². The van der Waals surface area contributed by atoms with Crippen LogP contribution in [-0.2, 0) is 21.0 Å². The minimum Gasteiger partial charge on any atom is -0.479 e. The van der Waals surface area contributed by atoms with Crippen LogP contribution in [-0.4, -0.2) is 51.5 Å². The number of carboxylic acids is 1. The summed E-state index contributed by atoms with van der Waals surface area (Å²) in [5.41, 5.74) is -5.08. The number of fused-ring (bicyclic) bond motifs is 5. The van der Waals surface area contributed by atoms with Gasteiger partial charge in [-0.05, 0) is 80.8 Å². The van der Waals surface area contributed by atoms with Crippen molar-refractivity contribution in [2.24, 2.45) is 22.7 Å². The van der Waals surface area contributed by atoms with Gasteiger partial charge in [0.1, 0.15) is 5.76 Å². The van der Waals surface area contributed by atoms with E-state index >= 15 is 4.39 Å². The number of aliphatic hydroxyl groups is 1. The number of alkyl halides is 1. The number of ketones is 1. The molecule has 35 heavy (non-hydrogen) atoms. The van der Waals surface area contributed by atoms with Gasteiger partial charge in [0.2, 0.25) is 0 Å². The van der Waals surface area contributed by atoms with E-state index in [0.29, 0.717) is 30.6 Å². The average molecular weight is 508 g/mol. The summed E-state index contributed by atoms with van der Waals surface area (Å²) in [4.78, 5) is 31.0. The first-order valence-electron chi connectivity index (χ1n) is 12.1. The van der Waals surface area contributed by atoms with E-state index in [9.17, 15) is 19.8 Å². The molecule has 1 aromatic heterocycles. The molecule has 4 aliphatic rings. The number of hydroxylamine groups is 2. The highest BCUT2D eigenvalue weighted by Gasteiger charge is 2.75. The standard InChI is InChI=1S/C26H31ClFNO6/c1-23-10-8-16(30)12-15(23)4-6-19-18-9-11-25(22(32)33,24(18,2)13-20(31)26(19,23)28)35-29(3)14-17-5-7-21(27)34-17/h5,7-8,10,12,18-20,31H,4,6,9,11,13-14H2,1-3H3,(H,32,33)/t18-,19-,20-,23-,24-,25-,26-/m0/s1. The number of aliphatic carboxylic acids is 1. The van der Waals surface area contributed by atoms with E-state index in [1.807, 2.05) is 6.92 Å². The van der Waals surface area contributed by atoms with Crippen molar-refractivity contribution < 1.29 is 33.4 Å². The summed E-state index contributed by atoms with van der Waals surface area (Å²) in [7, 11) is 1.62. The van der Waals surface area contributed by atoms with Gasteiger partial charge in [-0.3, -0.25) is 9.63 Å². The van der Waals surface area contributed by atoms with Crippen LogP contribution in [0.4, 0.5) is 4.39 Å². The Kier molecular flexibility index (Phi) is 5.64. The predicted octanol–water partition coefficient (Wildman–Crippen LogP) is 4.49. The number of carbonyl (C=O) groups is 2. The number of hydrogen-bond donors (Lipinski definition) is 2. The fourth-order valence-corrected chi connectivity index (χ4v) is 7.86. The van der Waals surface area contributed by atoms with Crippen LogP contribution in [0.25, 0.3) is 0 Å². The smallest absolute Gasteiger partial charge is 0.338 e. The largest absolute Gasteiger partial charge is 0.479 e. The van der Waals surface area contributed by atoms with Gasteiger partial charge in [-0.2, -0.15) is 5.06 Å². The summed E-state index contributed by atoms with van der Waals surface area (Å²) >= 11 is 5.86. The summed E-state index contributed by atoms with van der Waals surface area (Å²) < 4.78 is 22.6. The maximum absolute atomic E-state index is 17.2. The normalized spacial score (nSPS) is 42.4. The van der Waals surface area contributed by atoms with Crippen molar-refractivity contribution in [3.05, 3.63) is 46.9 Å². The molecule has 0 radical (unpaired) electrons. The zero-order valence-electron chi connectivity index (χ0n) is 20.1. The molecular weight excluding hydrogens is 477 g/mol. The van der Waals surface area contributed by atoms with E-state index < -0.39 is 40.1 Å². The van der Waals surface area contributed by atoms with Crippen molar-refractivity contribution in [2.75, 3.05) is 7.05 Å². The van der Waals surface area contributed by atoms with Crippen LogP contribution in [0.2, 0.25) is 5.22 Å². The molecule has 7 atom stereocenters. The number of nitrogens with zero attached hydrogens (tertiary/aromatic N) is 1. The highest BCUT2D eigenvalue weighted by molar-refractivity contribution is 6.28. The Hall–Kier alpha value is -2.00. The molecule has 4 aliphatic carbocycles. The van der Waals surface area contributed by atoms with E-state index in [0.717, 1.165) is 0 Å². The van der Waals surface area contributed by atoms with E-state index in [4.69, 9.17) is 20.9 Å². The van der Waals surface area contributed by atoms with Gasteiger partial charge >= 0.3 is 5.97 Å². The third-order valence-corrected chi connectivity index (χ3v) is 9.63. The molecule has 3 fully saturated rings. The van der Waals surface area contributed by atoms with Gasteiger partial charge < -0.3 is 14.6 Å². The van der Waals surface area contributed by atoms with Gasteiger partial charge in [-0.1, -0.05) is 18.6 Å². The number of rotatable bonds is 5. The van der Waals surface area contributed by atoms with Crippen LogP contribution in [0.3, 0.4) is 0 Å². The summed E-state index contributed by atoms with van der Waals surface area (Å²) in [6.07, 6.45) is 4.60. The molecule has 0 spiro atoms. The Labute approximate surface area is 208 Å². The molecule has 3 saturated carbocycles. The summed E-state index contributed by atoms with van der Waals surface area (Å²) in [5.74, 6) is -1.67. The predicted molar refractivity (Wildman–Crippen MR) is 125 cm³/mol. The van der Waals surface area contributed by atoms with Crippen LogP contribution in [0.5, 0.6) is 0 Å². The lowest BCUT2D eigenvalue weighted by atomic mass is 9.45. The number of allylic oxidation sites excluding steroid dienone is 4. The molecule has 0 amide bonds. The number of carbonyl (C=O) groups excluding carboxylic acids is 1. The lowest BCUT2D eigenvalue weighted by Gasteiger charge is -2.62. The van der Waals surface area contributed by atoms with Crippen LogP contribution < -0.4 is 0 Å². The van der Waals surface area contributed by atoms with Crippen molar-refractivity contribution in [3.63, 3.8) is 0 Å². The highest BCUT2D eigenvalue weighted by atomic mass is 35.5. The number of aliphatic hydroxyl groups excluding tert-OH is 1. The Morgan fingerprint density at radius 1 is 1.31 bits per heavy atom. The monoisotopic (exact) mass is 507 g/mol. The molecule has 0 aromatic carbocycles. The van der Waals surface area contributed by atoms with Gasteiger partial charge in [0.05, 0.1) is 12.6 Å². The molecule has 0 saturated heterocycles. The average Bonchev–Trinajstić information content (AvgIpc) is 3.31. The van der Waals surface area contributed by atoms with E-state index in [-0.39, 0.29) is 36.3 Å². The molecular formula is C26H31ClFNO6. The summed E-state index contributed by atoms with van der Waals surface area (Å²) in [6, 6.07) is 3.29. The lowest BCUT2D eigenvalue weighted by molar-refractivity contribution is -0.294. The molecule has 2 N–H and O–H groups in total. The fraction of sp³-hybridized carbons (Fsp3) is 0.615. The molecule has 0 bridgehead atoms. The Morgan fingerprint density at radius 3 is 2.71 bits per heavy atom. The fourth-order valence-electron chi connectivity index (χ4n) is 7.69. The number of hydrogen-bond acceptors (Lipinski definition) is 6. The molecule has 190 valence electrons. The SMILES string of the molecule is CN(Cc1ccc(Cl)o1)O[C@]1(C(=O)O)CC[C@H]2[C@@H]3CCC4=CC(=O)C=C[C@]4(C)[C@@]3(F)[C@@H](O)C[C@@]21C. The first-order valence-corrected chi connectivity index (χ1v) is 12.4.